The van der Waals surface area contributed by atoms with E-state index in [0.29, 0.717) is 5.75 Å². The van der Waals surface area contributed by atoms with Gasteiger partial charge in [0.25, 0.3) is 0 Å². The van der Waals surface area contributed by atoms with Crippen molar-refractivity contribution in [3.8, 4) is 0 Å². The normalized spacial score (nSPS) is 15.3. The first-order valence-corrected chi connectivity index (χ1v) is 10.3. The molecule has 0 aliphatic carbocycles. The molecule has 0 aromatic rings. The highest BCUT2D eigenvalue weighted by Gasteiger charge is 2.09. The SMILES string of the molecule is CCCCS(CCCC)=S(=O)(O)CCCC. The Morgan fingerprint density at radius 1 is 0.938 bits per heavy atom. The van der Waals surface area contributed by atoms with Gasteiger partial charge in [-0.3, -0.25) is 0 Å². The van der Waals surface area contributed by atoms with Gasteiger partial charge in [-0.25, -0.2) is 4.21 Å². The van der Waals surface area contributed by atoms with E-state index in [1.165, 1.54) is 0 Å². The van der Waals surface area contributed by atoms with Crippen LogP contribution in [-0.4, -0.2) is 26.0 Å². The van der Waals surface area contributed by atoms with E-state index < -0.39 is 8.77 Å². The van der Waals surface area contributed by atoms with Gasteiger partial charge >= 0.3 is 0 Å². The van der Waals surface area contributed by atoms with Gasteiger partial charge in [-0.2, -0.15) is 0 Å². The Balaban J connectivity index is 4.63. The van der Waals surface area contributed by atoms with E-state index in [2.05, 4.69) is 20.8 Å². The first-order valence-electron chi connectivity index (χ1n) is 6.50. The zero-order valence-corrected chi connectivity index (χ0v) is 12.7. The molecule has 0 amide bonds. The summed E-state index contributed by atoms with van der Waals surface area (Å²) in [5.41, 5.74) is 0. The van der Waals surface area contributed by atoms with Gasteiger partial charge < -0.3 is 4.55 Å². The molecular weight excluding hydrogens is 240 g/mol. The van der Waals surface area contributed by atoms with Crippen LogP contribution in [0.3, 0.4) is 0 Å². The number of hydrogen-bond donors (Lipinski definition) is 1. The van der Waals surface area contributed by atoms with Crippen molar-refractivity contribution in [2.24, 2.45) is 0 Å². The van der Waals surface area contributed by atoms with Crippen molar-refractivity contribution in [3.05, 3.63) is 0 Å². The van der Waals surface area contributed by atoms with E-state index in [4.69, 9.17) is 0 Å². The zero-order valence-electron chi connectivity index (χ0n) is 11.0. The second kappa shape index (κ2) is 9.49. The summed E-state index contributed by atoms with van der Waals surface area (Å²) in [6, 6.07) is 0. The maximum absolute atomic E-state index is 12.2. The Kier molecular flexibility index (Phi) is 9.76. The lowest BCUT2D eigenvalue weighted by atomic mass is 10.4. The van der Waals surface area contributed by atoms with Gasteiger partial charge in [0.05, 0.1) is 0 Å². The molecule has 0 radical (unpaired) electrons. The lowest BCUT2D eigenvalue weighted by molar-refractivity contribution is 0.557. The molecule has 0 saturated carbocycles. The third kappa shape index (κ3) is 6.92. The van der Waals surface area contributed by atoms with Crippen molar-refractivity contribution < 1.29 is 8.76 Å². The molecule has 0 aromatic heterocycles. The van der Waals surface area contributed by atoms with Crippen LogP contribution in [0.5, 0.6) is 0 Å². The Bertz CT molecular complexity index is 269. The molecule has 0 saturated heterocycles. The topological polar surface area (TPSA) is 37.3 Å². The largest absolute Gasteiger partial charge is 0.309 e. The van der Waals surface area contributed by atoms with Crippen LogP contribution in [0.15, 0.2) is 0 Å². The minimum atomic E-state index is -2.55. The van der Waals surface area contributed by atoms with Crippen LogP contribution in [0.4, 0.5) is 0 Å². The zero-order chi connectivity index (χ0) is 12.4. The van der Waals surface area contributed by atoms with E-state index in [1.54, 1.807) is 0 Å². The van der Waals surface area contributed by atoms with Gasteiger partial charge in [-0.15, -0.1) is 9.45 Å². The van der Waals surface area contributed by atoms with Crippen LogP contribution in [-0.2, 0) is 18.2 Å². The van der Waals surface area contributed by atoms with Gasteiger partial charge in [0, 0.05) is 5.75 Å². The molecular formula is C12H28O2S2. The molecule has 0 aliphatic rings. The Morgan fingerprint density at radius 2 is 1.38 bits per heavy atom. The molecule has 16 heavy (non-hydrogen) atoms. The minimum absolute atomic E-state index is 0.253. The molecule has 1 unspecified atom stereocenters. The third-order valence-electron chi connectivity index (χ3n) is 2.58. The van der Waals surface area contributed by atoms with Crippen LogP contribution in [0, 0.1) is 0 Å². The summed E-state index contributed by atoms with van der Waals surface area (Å²) in [5.74, 6) is 2.42. The summed E-state index contributed by atoms with van der Waals surface area (Å²) in [6.07, 6.45) is 6.33. The highest BCUT2D eigenvalue weighted by atomic mass is 32.9. The second-order valence-electron chi connectivity index (χ2n) is 4.19. The van der Waals surface area contributed by atoms with E-state index in [9.17, 15) is 8.76 Å². The van der Waals surface area contributed by atoms with Crippen LogP contribution < -0.4 is 0 Å². The fourth-order valence-corrected chi connectivity index (χ4v) is 7.58. The second-order valence-corrected chi connectivity index (χ2v) is 10.4. The summed E-state index contributed by atoms with van der Waals surface area (Å²) in [4.78, 5) is 0. The van der Waals surface area contributed by atoms with E-state index in [-0.39, 0.29) is 9.45 Å². The maximum Gasteiger partial charge on any atom is 0.103 e. The fourth-order valence-electron chi connectivity index (χ4n) is 1.42. The van der Waals surface area contributed by atoms with Crippen LogP contribution in [0.25, 0.3) is 0 Å². The Morgan fingerprint density at radius 3 is 1.75 bits per heavy atom. The van der Waals surface area contributed by atoms with Crippen molar-refractivity contribution in [2.45, 2.75) is 59.3 Å². The quantitative estimate of drug-likeness (QED) is 0.692. The van der Waals surface area contributed by atoms with Crippen LogP contribution in [0.1, 0.15) is 59.3 Å². The molecule has 0 fully saturated rings. The molecule has 100 valence electrons. The number of rotatable bonds is 9. The van der Waals surface area contributed by atoms with Gasteiger partial charge in [0.2, 0.25) is 0 Å². The molecule has 2 nitrogen and oxygen atoms in total. The lowest BCUT2D eigenvalue weighted by Gasteiger charge is -2.14. The summed E-state index contributed by atoms with van der Waals surface area (Å²) in [6.45, 7) is 6.37. The number of unbranched alkanes of at least 4 members (excludes halogenated alkanes) is 3. The molecule has 0 spiro atoms. The Hall–Kier alpha value is 0.460. The average Bonchev–Trinajstić information content (AvgIpc) is 2.26. The first-order chi connectivity index (χ1) is 7.58. The van der Waals surface area contributed by atoms with E-state index in [0.717, 1.165) is 50.0 Å². The predicted octanol–water partition coefficient (Wildman–Crippen LogP) is 3.68. The lowest BCUT2D eigenvalue weighted by Crippen LogP contribution is -2.17. The van der Waals surface area contributed by atoms with E-state index >= 15 is 0 Å². The Labute approximate surface area is 104 Å². The smallest absolute Gasteiger partial charge is 0.103 e. The predicted molar refractivity (Wildman–Crippen MR) is 77.5 cm³/mol. The van der Waals surface area contributed by atoms with Gasteiger partial charge in [-0.05, 0) is 30.8 Å². The average molecular weight is 268 g/mol. The van der Waals surface area contributed by atoms with Gasteiger partial charge in [0.1, 0.15) is 8.77 Å². The van der Waals surface area contributed by atoms with Crippen LogP contribution in [0.2, 0.25) is 0 Å². The highest BCUT2D eigenvalue weighted by molar-refractivity contribution is 8.44. The molecule has 1 atom stereocenters. The fraction of sp³-hybridized carbons (Fsp3) is 1.00. The monoisotopic (exact) mass is 268 g/mol. The maximum atomic E-state index is 12.2. The third-order valence-corrected chi connectivity index (χ3v) is 9.31. The van der Waals surface area contributed by atoms with E-state index in [1.807, 2.05) is 0 Å². The summed E-state index contributed by atoms with van der Waals surface area (Å²) >= 11 is 0. The van der Waals surface area contributed by atoms with Gasteiger partial charge in [-0.1, -0.05) is 40.0 Å². The molecule has 1 N–H and O–H groups in total. The molecule has 4 heteroatoms. The van der Waals surface area contributed by atoms with Crippen molar-refractivity contribution in [1.29, 1.82) is 0 Å². The molecule has 0 aromatic carbocycles. The standard InChI is InChI=1S/C12H28O2S2/c1-4-7-10-15(11-8-5-2)16(13,14)12-9-6-3/h4-12H2,1-3H3,(H,13,14). The molecule has 0 bridgehead atoms. The van der Waals surface area contributed by atoms with Crippen molar-refractivity contribution >= 4 is 18.2 Å². The van der Waals surface area contributed by atoms with Crippen molar-refractivity contribution in [3.63, 3.8) is 0 Å². The van der Waals surface area contributed by atoms with Gasteiger partial charge in [0.15, 0.2) is 0 Å². The first kappa shape index (κ1) is 16.5. The molecule has 0 aliphatic heterocycles. The number of hydrogen-bond acceptors (Lipinski definition) is 1. The summed E-state index contributed by atoms with van der Waals surface area (Å²) < 4.78 is 22.3. The summed E-state index contributed by atoms with van der Waals surface area (Å²) in [7, 11) is -2.80. The van der Waals surface area contributed by atoms with Crippen LogP contribution >= 0.6 is 0 Å². The summed E-state index contributed by atoms with van der Waals surface area (Å²) in [5, 5.41) is 0. The highest BCUT2D eigenvalue weighted by Crippen LogP contribution is 2.07. The van der Waals surface area contributed by atoms with Crippen molar-refractivity contribution in [2.75, 3.05) is 17.3 Å². The molecule has 0 rings (SSSR count). The van der Waals surface area contributed by atoms with Crippen molar-refractivity contribution in [1.82, 2.24) is 0 Å². The minimum Gasteiger partial charge on any atom is -0.309 e. The molecule has 0 heterocycles.